The highest BCUT2D eigenvalue weighted by Crippen LogP contribution is 2.55. The maximum Gasteiger partial charge on any atom is 0.205 e. The molecule has 3 aromatic carbocycles. The predicted octanol–water partition coefficient (Wildman–Crippen LogP) is 5.26. The molecular formula is C36H34ClN5O5. The summed E-state index contributed by atoms with van der Waals surface area (Å²) >= 11 is 6.42. The molecule has 7 rings (SSSR count). The number of rotatable bonds is 9. The number of hydrogen-bond acceptors (Lipinski definition) is 9. The molecule has 2 saturated heterocycles. The second kappa shape index (κ2) is 11.6. The Kier molecular flexibility index (Phi) is 7.70. The van der Waals surface area contributed by atoms with Crippen molar-refractivity contribution in [3.8, 4) is 18.1 Å². The second-order valence-corrected chi connectivity index (χ2v) is 12.4. The average molecular weight is 652 g/mol. The summed E-state index contributed by atoms with van der Waals surface area (Å²) in [7, 11) is 1.64. The number of ether oxygens (including phenoxy) is 4. The van der Waals surface area contributed by atoms with Gasteiger partial charge < -0.3 is 29.4 Å². The highest BCUT2D eigenvalue weighted by Gasteiger charge is 2.72. The molecule has 11 heteroatoms. The zero-order chi connectivity index (χ0) is 32.9. The number of benzene rings is 3. The van der Waals surface area contributed by atoms with Crippen LogP contribution >= 0.6 is 11.6 Å². The minimum Gasteiger partial charge on any atom is -0.497 e. The van der Waals surface area contributed by atoms with E-state index in [4.69, 9.17) is 46.9 Å². The molecule has 2 fully saturated rings. The number of methoxy groups -OCH3 is 1. The van der Waals surface area contributed by atoms with Gasteiger partial charge in [0.25, 0.3) is 0 Å². The van der Waals surface area contributed by atoms with Crippen molar-refractivity contribution in [1.82, 2.24) is 19.5 Å². The Morgan fingerprint density at radius 1 is 0.957 bits per heavy atom. The van der Waals surface area contributed by atoms with Gasteiger partial charge in [0.1, 0.15) is 29.3 Å². The van der Waals surface area contributed by atoms with E-state index in [0.29, 0.717) is 17.0 Å². The highest BCUT2D eigenvalue weighted by molar-refractivity contribution is 6.18. The number of halogens is 1. The van der Waals surface area contributed by atoms with Crippen molar-refractivity contribution >= 4 is 28.6 Å². The molecule has 1 unspecified atom stereocenters. The monoisotopic (exact) mass is 651 g/mol. The van der Waals surface area contributed by atoms with Crippen LogP contribution in [0, 0.1) is 12.3 Å². The zero-order valence-corrected chi connectivity index (χ0v) is 26.9. The van der Waals surface area contributed by atoms with E-state index in [9.17, 15) is 5.11 Å². The average Bonchev–Trinajstić information content (AvgIpc) is 3.75. The van der Waals surface area contributed by atoms with Crippen LogP contribution in [-0.4, -0.2) is 67.3 Å². The van der Waals surface area contributed by atoms with Crippen LogP contribution in [0.15, 0.2) is 97.6 Å². The third kappa shape index (κ3) is 4.77. The standard InChI is InChI=1S/C36H34ClN5O5/c1-5-35-31(45-33(2,3)47-35)34(20-37,21-43)46-32(35)42-23-40-28-29(38-22-39-30(28)42)41-36(24-12-8-6-9-13-24,25-14-10-7-11-15-25)26-16-18-27(44-4)19-17-26/h1,6-19,22-23,31-32,43H,20-21H2,2-4H3,(H,38,39,41)/t31-,32?,34-,35-/m1/s1. The fourth-order valence-corrected chi connectivity index (χ4v) is 7.12. The van der Waals surface area contributed by atoms with Gasteiger partial charge in [0, 0.05) is 0 Å². The lowest BCUT2D eigenvalue weighted by Crippen LogP contribution is -2.51. The van der Waals surface area contributed by atoms with Crippen molar-refractivity contribution in [2.75, 3.05) is 24.9 Å². The second-order valence-electron chi connectivity index (χ2n) is 12.1. The summed E-state index contributed by atoms with van der Waals surface area (Å²) in [6.07, 6.45) is 7.39. The summed E-state index contributed by atoms with van der Waals surface area (Å²) in [4.78, 5) is 14.1. The number of aromatic nitrogens is 4. The Bertz CT molecular complexity index is 1890. The van der Waals surface area contributed by atoms with Gasteiger partial charge in [-0.1, -0.05) is 78.7 Å². The number of anilines is 1. The van der Waals surface area contributed by atoms with Gasteiger partial charge in [0.2, 0.25) is 5.60 Å². The molecule has 47 heavy (non-hydrogen) atoms. The van der Waals surface area contributed by atoms with Crippen LogP contribution in [0.5, 0.6) is 5.75 Å². The van der Waals surface area contributed by atoms with Gasteiger partial charge >= 0.3 is 0 Å². The first-order chi connectivity index (χ1) is 22.8. The Balaban J connectivity index is 1.41. The molecular weight excluding hydrogens is 618 g/mol. The molecule has 0 amide bonds. The van der Waals surface area contributed by atoms with E-state index in [1.807, 2.05) is 60.7 Å². The molecule has 0 spiro atoms. The Morgan fingerprint density at radius 2 is 1.60 bits per heavy atom. The van der Waals surface area contributed by atoms with E-state index in [2.05, 4.69) is 40.5 Å². The SMILES string of the molecule is C#C[C@@]12OC(C)(C)O[C@@H]1[C@](CO)(CCl)OC2n1cnc2c(NC(c3ccccc3)(c3ccccc3)c3ccc(OC)cc3)ncnc21. The number of nitrogens with one attached hydrogen (secondary N) is 1. The van der Waals surface area contributed by atoms with E-state index in [1.165, 1.54) is 6.33 Å². The van der Waals surface area contributed by atoms with Crippen LogP contribution in [0.1, 0.15) is 36.8 Å². The first-order valence-corrected chi connectivity index (χ1v) is 15.7. The molecule has 10 nitrogen and oxygen atoms in total. The summed E-state index contributed by atoms with van der Waals surface area (Å²) < 4.78 is 26.3. The van der Waals surface area contributed by atoms with Crippen LogP contribution in [-0.2, 0) is 19.7 Å². The third-order valence-electron chi connectivity index (χ3n) is 8.97. The van der Waals surface area contributed by atoms with Crippen molar-refractivity contribution < 1.29 is 24.1 Å². The van der Waals surface area contributed by atoms with Crippen molar-refractivity contribution in [3.63, 3.8) is 0 Å². The van der Waals surface area contributed by atoms with E-state index in [1.54, 1.807) is 31.9 Å². The molecule has 2 aromatic heterocycles. The molecule has 4 atom stereocenters. The molecule has 240 valence electrons. The fraction of sp³-hybridized carbons (Fsp3) is 0.306. The van der Waals surface area contributed by atoms with Crippen molar-refractivity contribution in [1.29, 1.82) is 0 Å². The van der Waals surface area contributed by atoms with Crippen LogP contribution in [0.25, 0.3) is 11.2 Å². The Morgan fingerprint density at radius 3 is 2.17 bits per heavy atom. The van der Waals surface area contributed by atoms with Gasteiger partial charge in [-0.15, -0.1) is 18.0 Å². The maximum absolute atomic E-state index is 10.5. The lowest BCUT2D eigenvalue weighted by atomic mass is 9.77. The van der Waals surface area contributed by atoms with Gasteiger partial charge in [-0.2, -0.15) is 0 Å². The Hall–Kier alpha value is -4.50. The lowest BCUT2D eigenvalue weighted by Gasteiger charge is -2.37. The first kappa shape index (κ1) is 31.1. The van der Waals surface area contributed by atoms with Gasteiger partial charge in [0.15, 0.2) is 29.0 Å². The van der Waals surface area contributed by atoms with Gasteiger partial charge in [-0.05, 0) is 42.7 Å². The number of imidazole rings is 1. The minimum absolute atomic E-state index is 0.0828. The number of nitrogens with zero attached hydrogens (tertiary/aromatic N) is 4. The number of aliphatic hydroxyl groups is 1. The van der Waals surface area contributed by atoms with Crippen LogP contribution in [0.2, 0.25) is 0 Å². The molecule has 0 radical (unpaired) electrons. The van der Waals surface area contributed by atoms with Gasteiger partial charge in [-0.25, -0.2) is 15.0 Å². The summed E-state index contributed by atoms with van der Waals surface area (Å²) in [5.41, 5.74) is 0.122. The largest absolute Gasteiger partial charge is 0.497 e. The quantitative estimate of drug-likeness (QED) is 0.125. The molecule has 5 aromatic rings. The number of fused-ring (bicyclic) bond motifs is 2. The summed E-state index contributed by atoms with van der Waals surface area (Å²) in [6, 6.07) is 28.2. The van der Waals surface area contributed by atoms with Gasteiger partial charge in [0.05, 0.1) is 25.9 Å². The summed E-state index contributed by atoms with van der Waals surface area (Å²) in [5, 5.41) is 14.3. The van der Waals surface area contributed by atoms with Crippen LogP contribution < -0.4 is 10.1 Å². The molecule has 0 saturated carbocycles. The maximum atomic E-state index is 10.5. The number of aliphatic hydroxyl groups excluding tert-OH is 1. The van der Waals surface area contributed by atoms with E-state index < -0.39 is 41.5 Å². The summed E-state index contributed by atoms with van der Waals surface area (Å²) in [6.45, 7) is 3.09. The topological polar surface area (TPSA) is 113 Å². The molecule has 2 aliphatic heterocycles. The van der Waals surface area contributed by atoms with E-state index >= 15 is 0 Å². The number of alkyl halides is 1. The van der Waals surface area contributed by atoms with E-state index in [0.717, 1.165) is 22.4 Å². The van der Waals surface area contributed by atoms with Crippen LogP contribution in [0.3, 0.4) is 0 Å². The third-order valence-corrected chi connectivity index (χ3v) is 9.42. The van der Waals surface area contributed by atoms with Crippen molar-refractivity contribution in [2.45, 2.75) is 48.7 Å². The molecule has 0 bridgehead atoms. The fourth-order valence-electron chi connectivity index (χ4n) is 6.84. The zero-order valence-electron chi connectivity index (χ0n) is 26.1. The van der Waals surface area contributed by atoms with E-state index in [-0.39, 0.29) is 5.88 Å². The Labute approximate surface area is 277 Å². The first-order valence-electron chi connectivity index (χ1n) is 15.2. The summed E-state index contributed by atoms with van der Waals surface area (Å²) in [5.74, 6) is 2.85. The predicted molar refractivity (Wildman–Crippen MR) is 177 cm³/mol. The van der Waals surface area contributed by atoms with Crippen LogP contribution in [0.4, 0.5) is 5.82 Å². The van der Waals surface area contributed by atoms with Crippen molar-refractivity contribution in [3.05, 3.63) is 114 Å². The number of hydrogen-bond donors (Lipinski definition) is 2. The lowest BCUT2D eigenvalue weighted by molar-refractivity contribution is -0.229. The smallest absolute Gasteiger partial charge is 0.205 e. The minimum atomic E-state index is -1.44. The van der Waals surface area contributed by atoms with Crippen molar-refractivity contribution in [2.24, 2.45) is 0 Å². The normalized spacial score (nSPS) is 24.9. The molecule has 2 aliphatic rings. The molecule has 2 N–H and O–H groups in total. The number of terminal acetylenes is 1. The van der Waals surface area contributed by atoms with Gasteiger partial charge in [-0.3, -0.25) is 4.57 Å². The molecule has 4 heterocycles. The molecule has 0 aliphatic carbocycles. The highest BCUT2D eigenvalue weighted by atomic mass is 35.5.